The smallest absolute Gasteiger partial charge is 0.407 e. The zero-order valence-electron chi connectivity index (χ0n) is 33.5. The van der Waals surface area contributed by atoms with Gasteiger partial charge in [0.25, 0.3) is 11.5 Å². The SMILES string of the molecule is CCN(CC)CCNC(=O)c1ccc(-c2ccc(C[C@H](NC(=O)[C@H]3CC[C@H](CNC(=O)OC(C)(C)C)CC3)C(=O)Nc3ccc4c(=O)[nH][nH]c4c3)cc2)c(C)c1. The predicted octanol–water partition coefficient (Wildman–Crippen LogP) is 5.90. The van der Waals surface area contributed by atoms with Crippen molar-refractivity contribution in [3.05, 3.63) is 87.7 Å². The third-order valence-corrected chi connectivity index (χ3v) is 10.4. The molecular weight excluding hydrogens is 711 g/mol. The number of benzene rings is 3. The molecule has 6 N–H and O–H groups in total. The number of alkyl carbamates (subject to hydrolysis) is 1. The Kier molecular flexibility index (Phi) is 14.1. The topological polar surface area (TPSA) is 178 Å². The summed E-state index contributed by atoms with van der Waals surface area (Å²) in [6.07, 6.45) is 2.62. The maximum atomic E-state index is 13.8. The molecule has 0 unspecified atom stereocenters. The number of nitrogens with one attached hydrogen (secondary N) is 6. The van der Waals surface area contributed by atoms with Gasteiger partial charge in [-0.25, -0.2) is 4.79 Å². The minimum atomic E-state index is -0.873. The molecule has 5 rings (SSSR count). The maximum absolute atomic E-state index is 13.8. The number of rotatable bonds is 15. The van der Waals surface area contributed by atoms with Crippen molar-refractivity contribution in [2.24, 2.45) is 11.8 Å². The second-order valence-electron chi connectivity index (χ2n) is 15.7. The molecule has 0 bridgehead atoms. The number of likely N-dealkylation sites (N-methyl/N-ethyl adjacent to an activating group) is 1. The average molecular weight is 768 g/mol. The van der Waals surface area contributed by atoms with Gasteiger partial charge in [-0.3, -0.25) is 29.4 Å². The minimum Gasteiger partial charge on any atom is -0.444 e. The van der Waals surface area contributed by atoms with Gasteiger partial charge in [-0.05, 0) is 125 Å². The Bertz CT molecular complexity index is 2040. The highest BCUT2D eigenvalue weighted by Gasteiger charge is 2.30. The molecule has 4 amide bonds. The van der Waals surface area contributed by atoms with E-state index in [-0.39, 0.29) is 41.5 Å². The van der Waals surface area contributed by atoms with Crippen LogP contribution < -0.4 is 26.8 Å². The standard InChI is InChI=1S/C43H57N7O6/c1-7-50(8-2)22-21-44-38(51)32-17-19-34(27(3)23-32)30-13-9-28(10-14-30)24-37(41(54)46-33-18-20-35-36(25-33)48-49-40(35)53)47-39(52)31-15-11-29(12-16-31)26-45-42(55)56-43(4,5)6/h9-10,13-14,17-20,23,25,29,31,37H,7-8,11-12,15-16,21-22,24,26H2,1-6H3,(H,44,51)(H,45,55)(H,46,54)(H,47,52)(H2,48,49,53)/t29-,31-,37-/m0/s1. The quantitative estimate of drug-likeness (QED) is 0.0873. The van der Waals surface area contributed by atoms with E-state index in [0.29, 0.717) is 48.1 Å². The number of carbonyl (C=O) groups excluding carboxylic acids is 4. The zero-order chi connectivity index (χ0) is 40.4. The van der Waals surface area contributed by atoms with E-state index in [4.69, 9.17) is 4.74 Å². The highest BCUT2D eigenvalue weighted by molar-refractivity contribution is 5.99. The number of ether oxygens (including phenoxy) is 1. The molecule has 3 aromatic carbocycles. The van der Waals surface area contributed by atoms with E-state index >= 15 is 0 Å². The van der Waals surface area contributed by atoms with E-state index in [1.54, 1.807) is 18.2 Å². The maximum Gasteiger partial charge on any atom is 0.407 e. The fourth-order valence-electron chi connectivity index (χ4n) is 7.17. The monoisotopic (exact) mass is 767 g/mol. The summed E-state index contributed by atoms with van der Waals surface area (Å²) >= 11 is 0. The summed E-state index contributed by atoms with van der Waals surface area (Å²) in [4.78, 5) is 66.8. The van der Waals surface area contributed by atoms with Crippen LogP contribution in [0.25, 0.3) is 22.0 Å². The lowest BCUT2D eigenvalue weighted by molar-refractivity contribution is -0.130. The lowest BCUT2D eigenvalue weighted by Gasteiger charge is -2.29. The van der Waals surface area contributed by atoms with Gasteiger partial charge in [-0.2, -0.15) is 0 Å². The first-order valence-electron chi connectivity index (χ1n) is 19.7. The number of aromatic nitrogens is 2. The number of nitrogens with zero attached hydrogens (tertiary/aromatic N) is 1. The van der Waals surface area contributed by atoms with E-state index in [1.165, 1.54) is 0 Å². The first-order valence-corrected chi connectivity index (χ1v) is 19.7. The number of H-pyrrole nitrogens is 2. The summed E-state index contributed by atoms with van der Waals surface area (Å²) in [5.41, 5.74) is 4.62. The van der Waals surface area contributed by atoms with Crippen molar-refractivity contribution in [1.29, 1.82) is 0 Å². The van der Waals surface area contributed by atoms with Gasteiger partial charge in [0.15, 0.2) is 0 Å². The molecule has 1 heterocycles. The third kappa shape index (κ3) is 11.5. The summed E-state index contributed by atoms with van der Waals surface area (Å²) < 4.78 is 5.35. The molecule has 4 aromatic rings. The summed E-state index contributed by atoms with van der Waals surface area (Å²) in [5.74, 6) is -0.686. The molecule has 1 aliphatic carbocycles. The largest absolute Gasteiger partial charge is 0.444 e. The lowest BCUT2D eigenvalue weighted by atomic mass is 9.81. The van der Waals surface area contributed by atoms with Crippen LogP contribution in [0.15, 0.2) is 65.5 Å². The highest BCUT2D eigenvalue weighted by atomic mass is 16.6. The Morgan fingerprint density at radius 2 is 1.61 bits per heavy atom. The van der Waals surface area contributed by atoms with Crippen molar-refractivity contribution in [2.75, 3.05) is 38.0 Å². The number of fused-ring (bicyclic) bond motifs is 1. The number of hydrogen-bond donors (Lipinski definition) is 6. The number of hydrogen-bond acceptors (Lipinski definition) is 7. The minimum absolute atomic E-state index is 0.0990. The molecule has 1 saturated carbocycles. The Morgan fingerprint density at radius 1 is 0.893 bits per heavy atom. The Hall–Kier alpha value is -5.43. The fourth-order valence-corrected chi connectivity index (χ4v) is 7.17. The number of anilines is 1. The second-order valence-corrected chi connectivity index (χ2v) is 15.7. The molecule has 0 radical (unpaired) electrons. The average Bonchev–Trinajstić information content (AvgIpc) is 3.54. The van der Waals surface area contributed by atoms with E-state index in [0.717, 1.165) is 54.7 Å². The summed E-state index contributed by atoms with van der Waals surface area (Å²) in [7, 11) is 0. The zero-order valence-corrected chi connectivity index (χ0v) is 33.5. The van der Waals surface area contributed by atoms with Gasteiger partial charge in [-0.15, -0.1) is 0 Å². The molecule has 1 fully saturated rings. The van der Waals surface area contributed by atoms with Crippen molar-refractivity contribution < 1.29 is 23.9 Å². The van der Waals surface area contributed by atoms with Crippen LogP contribution in [-0.2, 0) is 20.7 Å². The van der Waals surface area contributed by atoms with Crippen LogP contribution in [0.5, 0.6) is 0 Å². The van der Waals surface area contributed by atoms with Gasteiger partial charge < -0.3 is 30.9 Å². The summed E-state index contributed by atoms with van der Waals surface area (Å²) in [5, 5.41) is 17.7. The van der Waals surface area contributed by atoms with Gasteiger partial charge >= 0.3 is 6.09 Å². The van der Waals surface area contributed by atoms with Crippen molar-refractivity contribution in [2.45, 2.75) is 85.3 Å². The molecule has 13 heteroatoms. The van der Waals surface area contributed by atoms with Crippen molar-refractivity contribution in [3.63, 3.8) is 0 Å². The van der Waals surface area contributed by atoms with E-state index < -0.39 is 17.7 Å². The normalized spacial score (nSPS) is 16.3. The van der Waals surface area contributed by atoms with Gasteiger partial charge in [0, 0.05) is 43.2 Å². The van der Waals surface area contributed by atoms with E-state index in [9.17, 15) is 24.0 Å². The first-order chi connectivity index (χ1) is 26.7. The molecule has 13 nitrogen and oxygen atoms in total. The molecule has 0 spiro atoms. The van der Waals surface area contributed by atoms with Crippen LogP contribution in [0.4, 0.5) is 10.5 Å². The first kappa shape index (κ1) is 41.7. The molecule has 0 saturated heterocycles. The van der Waals surface area contributed by atoms with Gasteiger partial charge in [-0.1, -0.05) is 44.2 Å². The van der Waals surface area contributed by atoms with Crippen LogP contribution in [-0.4, -0.2) is 83.3 Å². The van der Waals surface area contributed by atoms with Crippen LogP contribution >= 0.6 is 0 Å². The van der Waals surface area contributed by atoms with Crippen molar-refractivity contribution in [3.8, 4) is 11.1 Å². The Labute approximate surface area is 328 Å². The van der Waals surface area contributed by atoms with Crippen LogP contribution in [0.1, 0.15) is 81.8 Å². The summed E-state index contributed by atoms with van der Waals surface area (Å²) in [6, 6.07) is 17.7. The fraction of sp³-hybridized carbons (Fsp3) is 0.465. The molecule has 56 heavy (non-hydrogen) atoms. The molecule has 1 aromatic heterocycles. The third-order valence-electron chi connectivity index (χ3n) is 10.4. The van der Waals surface area contributed by atoms with Gasteiger partial charge in [0.05, 0.1) is 10.9 Å². The molecule has 300 valence electrons. The van der Waals surface area contributed by atoms with Crippen LogP contribution in [0, 0.1) is 18.8 Å². The second kappa shape index (κ2) is 18.9. The van der Waals surface area contributed by atoms with E-state index in [2.05, 4.69) is 50.2 Å². The highest BCUT2D eigenvalue weighted by Crippen LogP contribution is 2.29. The molecule has 1 aliphatic rings. The number of amides is 4. The predicted molar refractivity (Wildman–Crippen MR) is 220 cm³/mol. The number of carbonyl (C=O) groups is 4. The van der Waals surface area contributed by atoms with Gasteiger partial charge in [0.1, 0.15) is 11.6 Å². The number of aromatic amines is 2. The van der Waals surface area contributed by atoms with E-state index in [1.807, 2.05) is 70.2 Å². The lowest BCUT2D eigenvalue weighted by Crippen LogP contribution is -2.48. The van der Waals surface area contributed by atoms with Crippen LogP contribution in [0.2, 0.25) is 0 Å². The summed E-state index contributed by atoms with van der Waals surface area (Å²) in [6.45, 7) is 15.4. The molecule has 0 aliphatic heterocycles. The molecular formula is C43H57N7O6. The number of aryl methyl sites for hydroxylation is 1. The van der Waals surface area contributed by atoms with Crippen LogP contribution in [0.3, 0.4) is 0 Å². The Balaban J connectivity index is 1.24. The van der Waals surface area contributed by atoms with Crippen molar-refractivity contribution in [1.82, 2.24) is 31.0 Å². The van der Waals surface area contributed by atoms with Crippen molar-refractivity contribution >= 4 is 40.4 Å². The Morgan fingerprint density at radius 3 is 2.27 bits per heavy atom. The molecule has 1 atom stereocenters. The van der Waals surface area contributed by atoms with Gasteiger partial charge in [0.2, 0.25) is 11.8 Å².